The Labute approximate surface area is 149 Å². The number of anilines is 2. The Hall–Kier alpha value is -3.35. The minimum Gasteiger partial charge on any atom is -0.492 e. The van der Waals surface area contributed by atoms with Crippen molar-refractivity contribution in [3.63, 3.8) is 0 Å². The number of halogens is 1. The van der Waals surface area contributed by atoms with Gasteiger partial charge in [0.25, 0.3) is 0 Å². The van der Waals surface area contributed by atoms with Crippen LogP contribution in [0.1, 0.15) is 5.56 Å². The van der Waals surface area contributed by atoms with Gasteiger partial charge in [0.2, 0.25) is 5.91 Å². The summed E-state index contributed by atoms with van der Waals surface area (Å²) in [5.74, 6) is 0.274. The van der Waals surface area contributed by atoms with Crippen LogP contribution in [0.4, 0.5) is 15.9 Å². The van der Waals surface area contributed by atoms with Crippen molar-refractivity contribution in [2.75, 3.05) is 17.7 Å². The number of rotatable bonds is 3. The van der Waals surface area contributed by atoms with Crippen molar-refractivity contribution >= 4 is 17.4 Å². The number of hydrogen-bond acceptors (Lipinski definition) is 4. The third-order valence-electron chi connectivity index (χ3n) is 4.43. The molecule has 7 heteroatoms. The van der Waals surface area contributed by atoms with E-state index in [2.05, 4.69) is 15.5 Å². The summed E-state index contributed by atoms with van der Waals surface area (Å²) in [4.78, 5) is 12.5. The molecule has 0 fully saturated rings. The van der Waals surface area contributed by atoms with Crippen molar-refractivity contribution in [2.24, 2.45) is 5.92 Å². The maximum Gasteiger partial charge on any atom is 0.231 e. The molecule has 1 aromatic heterocycles. The van der Waals surface area contributed by atoms with Gasteiger partial charge in [0.1, 0.15) is 24.0 Å². The standard InChI is InChI=1S/C19H17FN4O2/c20-14-3-6-17-12(8-14)7-13(10-26-17)19(25)23-15-4-1-11(2-5-15)16-9-22-24-18(16)21/h1-6,8-9,13H,7,10H2,(H,23,25)(H3,21,22,24). The van der Waals surface area contributed by atoms with E-state index >= 15 is 0 Å². The zero-order valence-corrected chi connectivity index (χ0v) is 13.8. The van der Waals surface area contributed by atoms with Gasteiger partial charge in [-0.25, -0.2) is 4.39 Å². The van der Waals surface area contributed by atoms with Crippen molar-refractivity contribution in [1.29, 1.82) is 0 Å². The number of benzene rings is 2. The topological polar surface area (TPSA) is 93.0 Å². The number of H-pyrrole nitrogens is 1. The number of fused-ring (bicyclic) bond motifs is 1. The molecule has 26 heavy (non-hydrogen) atoms. The van der Waals surface area contributed by atoms with E-state index in [-0.39, 0.29) is 24.2 Å². The molecule has 2 aromatic carbocycles. The quantitative estimate of drug-likeness (QED) is 0.675. The highest BCUT2D eigenvalue weighted by molar-refractivity contribution is 5.93. The lowest BCUT2D eigenvalue weighted by atomic mass is 9.96. The van der Waals surface area contributed by atoms with Crippen LogP contribution in [-0.4, -0.2) is 22.7 Å². The number of aromatic amines is 1. The molecule has 4 N–H and O–H groups in total. The van der Waals surface area contributed by atoms with Crippen LogP contribution in [0.2, 0.25) is 0 Å². The molecule has 0 spiro atoms. The predicted molar refractivity (Wildman–Crippen MR) is 96.2 cm³/mol. The number of nitrogens with zero attached hydrogens (tertiary/aromatic N) is 1. The summed E-state index contributed by atoms with van der Waals surface area (Å²) in [5, 5.41) is 9.46. The highest BCUT2D eigenvalue weighted by Crippen LogP contribution is 2.29. The van der Waals surface area contributed by atoms with E-state index in [1.54, 1.807) is 24.4 Å². The molecule has 0 bridgehead atoms. The van der Waals surface area contributed by atoms with Gasteiger partial charge in [-0.3, -0.25) is 9.89 Å². The second-order valence-corrected chi connectivity index (χ2v) is 6.23. The highest BCUT2D eigenvalue weighted by Gasteiger charge is 2.26. The number of hydrogen-bond donors (Lipinski definition) is 3. The first kappa shape index (κ1) is 16.1. The van der Waals surface area contributed by atoms with Gasteiger partial charge in [0.15, 0.2) is 0 Å². The first-order chi connectivity index (χ1) is 12.6. The van der Waals surface area contributed by atoms with Crippen LogP contribution in [0.15, 0.2) is 48.7 Å². The molecule has 0 radical (unpaired) electrons. The number of amides is 1. The minimum absolute atomic E-state index is 0.157. The molecule has 6 nitrogen and oxygen atoms in total. The fourth-order valence-corrected chi connectivity index (χ4v) is 3.04. The first-order valence-corrected chi connectivity index (χ1v) is 8.21. The molecule has 1 aliphatic rings. The van der Waals surface area contributed by atoms with E-state index in [0.29, 0.717) is 29.2 Å². The van der Waals surface area contributed by atoms with Gasteiger partial charge in [0.05, 0.1) is 12.1 Å². The lowest BCUT2D eigenvalue weighted by Gasteiger charge is -2.24. The number of carbonyl (C=O) groups is 1. The van der Waals surface area contributed by atoms with Gasteiger partial charge in [-0.2, -0.15) is 5.10 Å². The van der Waals surface area contributed by atoms with E-state index in [1.807, 2.05) is 12.1 Å². The van der Waals surface area contributed by atoms with Gasteiger partial charge >= 0.3 is 0 Å². The third kappa shape index (κ3) is 3.11. The number of carbonyl (C=O) groups excluding carboxylic acids is 1. The Bertz CT molecular complexity index is 952. The smallest absolute Gasteiger partial charge is 0.231 e. The predicted octanol–water partition coefficient (Wildman–Crippen LogP) is 2.99. The van der Waals surface area contributed by atoms with Crippen LogP contribution >= 0.6 is 0 Å². The molecule has 2 heterocycles. The summed E-state index contributed by atoms with van der Waals surface area (Å²) in [7, 11) is 0. The second kappa shape index (κ2) is 6.51. The highest BCUT2D eigenvalue weighted by atomic mass is 19.1. The molecule has 1 aliphatic heterocycles. The molecular weight excluding hydrogens is 335 g/mol. The lowest BCUT2D eigenvalue weighted by Crippen LogP contribution is -2.32. The van der Waals surface area contributed by atoms with Crippen molar-refractivity contribution in [3.05, 3.63) is 60.0 Å². The Morgan fingerprint density at radius 3 is 2.81 bits per heavy atom. The summed E-state index contributed by atoms with van der Waals surface area (Å²) in [6, 6.07) is 11.7. The number of aromatic nitrogens is 2. The van der Waals surface area contributed by atoms with Crippen molar-refractivity contribution in [1.82, 2.24) is 10.2 Å². The third-order valence-corrected chi connectivity index (χ3v) is 4.43. The van der Waals surface area contributed by atoms with Crippen molar-refractivity contribution in [2.45, 2.75) is 6.42 Å². The molecular formula is C19H17FN4O2. The van der Waals surface area contributed by atoms with Gasteiger partial charge < -0.3 is 15.8 Å². The molecule has 4 rings (SSSR count). The summed E-state index contributed by atoms with van der Waals surface area (Å²) in [6.07, 6.45) is 2.10. The summed E-state index contributed by atoms with van der Waals surface area (Å²) in [6.45, 7) is 0.272. The van der Waals surface area contributed by atoms with Crippen LogP contribution in [0, 0.1) is 11.7 Å². The Morgan fingerprint density at radius 1 is 1.27 bits per heavy atom. The normalized spacial score (nSPS) is 15.8. The van der Waals surface area contributed by atoms with Crippen LogP contribution in [0.25, 0.3) is 11.1 Å². The first-order valence-electron chi connectivity index (χ1n) is 8.21. The molecule has 1 unspecified atom stereocenters. The molecule has 3 aromatic rings. The van der Waals surface area contributed by atoms with Crippen LogP contribution < -0.4 is 15.8 Å². The fraction of sp³-hybridized carbons (Fsp3) is 0.158. The number of nitrogen functional groups attached to an aromatic ring is 1. The Balaban J connectivity index is 1.44. The molecule has 0 aliphatic carbocycles. The zero-order valence-electron chi connectivity index (χ0n) is 13.8. The van der Waals surface area contributed by atoms with Gasteiger partial charge in [-0.05, 0) is 47.9 Å². The zero-order chi connectivity index (χ0) is 18.1. The summed E-state index contributed by atoms with van der Waals surface area (Å²) in [5.41, 5.74) is 8.90. The van der Waals surface area contributed by atoms with E-state index in [4.69, 9.17) is 10.5 Å². The fourth-order valence-electron chi connectivity index (χ4n) is 3.04. The Kier molecular flexibility index (Phi) is 4.04. The van der Waals surface area contributed by atoms with Gasteiger partial charge in [-0.15, -0.1) is 0 Å². The molecule has 0 saturated carbocycles. The molecule has 1 amide bonds. The Morgan fingerprint density at radius 2 is 2.08 bits per heavy atom. The summed E-state index contributed by atoms with van der Waals surface area (Å²) >= 11 is 0. The second-order valence-electron chi connectivity index (χ2n) is 6.23. The monoisotopic (exact) mass is 352 g/mol. The number of nitrogens with one attached hydrogen (secondary N) is 2. The SMILES string of the molecule is Nc1[nH]ncc1-c1ccc(NC(=O)C2COc3ccc(F)cc3C2)cc1. The summed E-state index contributed by atoms with van der Waals surface area (Å²) < 4.78 is 19.0. The van der Waals surface area contributed by atoms with Crippen LogP contribution in [0.5, 0.6) is 5.75 Å². The largest absolute Gasteiger partial charge is 0.492 e. The maximum atomic E-state index is 13.4. The van der Waals surface area contributed by atoms with Crippen LogP contribution in [-0.2, 0) is 11.2 Å². The average Bonchev–Trinajstić information content (AvgIpc) is 3.07. The maximum absolute atomic E-state index is 13.4. The molecule has 132 valence electrons. The number of ether oxygens (including phenoxy) is 1. The molecule has 1 atom stereocenters. The average molecular weight is 352 g/mol. The van der Waals surface area contributed by atoms with Gasteiger partial charge in [-0.1, -0.05) is 12.1 Å². The van der Waals surface area contributed by atoms with Crippen molar-refractivity contribution < 1.29 is 13.9 Å². The minimum atomic E-state index is -0.367. The van der Waals surface area contributed by atoms with E-state index in [9.17, 15) is 9.18 Å². The van der Waals surface area contributed by atoms with E-state index in [0.717, 1.165) is 11.1 Å². The molecule has 0 saturated heterocycles. The van der Waals surface area contributed by atoms with Crippen LogP contribution in [0.3, 0.4) is 0 Å². The van der Waals surface area contributed by atoms with E-state index in [1.165, 1.54) is 12.1 Å². The lowest BCUT2D eigenvalue weighted by molar-refractivity contribution is -0.121. The van der Waals surface area contributed by atoms with Gasteiger partial charge in [0, 0.05) is 11.3 Å². The van der Waals surface area contributed by atoms with E-state index < -0.39 is 0 Å². The van der Waals surface area contributed by atoms with Crippen molar-refractivity contribution in [3.8, 4) is 16.9 Å². The number of nitrogens with two attached hydrogens (primary N) is 1.